The molecule has 0 N–H and O–H groups in total. The van der Waals surface area contributed by atoms with Crippen LogP contribution in [0.3, 0.4) is 0 Å². The van der Waals surface area contributed by atoms with Crippen molar-refractivity contribution >= 4 is 60.2 Å². The van der Waals surface area contributed by atoms with Gasteiger partial charge in [0, 0.05) is 16.8 Å². The minimum Gasteiger partial charge on any atom is -0.310 e. The van der Waals surface area contributed by atoms with Crippen LogP contribution in [0.15, 0.2) is 188 Å². The first-order valence-electron chi connectivity index (χ1n) is 16.2. The first kappa shape index (κ1) is 27.2. The zero-order valence-electron chi connectivity index (χ0n) is 25.8. The highest BCUT2D eigenvalue weighted by Gasteiger charge is 2.18. The lowest BCUT2D eigenvalue weighted by Crippen LogP contribution is -2.10. The fourth-order valence-electron chi connectivity index (χ4n) is 7.11. The molecule has 0 aromatic heterocycles. The molecule has 0 heterocycles. The standard InChI is InChI=1S/C46H31N/c1-2-11-32(12-3-1)36-16-8-18-39(30-36)47(40-19-9-17-37(31-40)38-24-23-33-13-4-5-15-35(33)29-38)46-22-10-21-42-44-26-25-34-14-6-7-20-41(34)43(44)27-28-45(42)46/h1-31H. The zero-order chi connectivity index (χ0) is 31.2. The molecule has 1 nitrogen and oxygen atoms in total. The van der Waals surface area contributed by atoms with Gasteiger partial charge in [0.2, 0.25) is 0 Å². The van der Waals surface area contributed by atoms with E-state index in [2.05, 4.69) is 193 Å². The number of hydrogen-bond donors (Lipinski definition) is 0. The second-order valence-corrected chi connectivity index (χ2v) is 12.2. The fourth-order valence-corrected chi connectivity index (χ4v) is 7.11. The van der Waals surface area contributed by atoms with Gasteiger partial charge in [0.25, 0.3) is 0 Å². The topological polar surface area (TPSA) is 3.24 Å². The maximum atomic E-state index is 2.42. The summed E-state index contributed by atoms with van der Waals surface area (Å²) >= 11 is 0. The molecule has 0 saturated carbocycles. The van der Waals surface area contributed by atoms with Crippen molar-refractivity contribution in [1.82, 2.24) is 0 Å². The van der Waals surface area contributed by atoms with Crippen LogP contribution in [0.5, 0.6) is 0 Å². The van der Waals surface area contributed by atoms with Crippen molar-refractivity contribution in [3.05, 3.63) is 188 Å². The molecule has 0 aliphatic carbocycles. The molecule has 0 fully saturated rings. The van der Waals surface area contributed by atoms with Crippen LogP contribution < -0.4 is 4.90 Å². The number of benzene rings is 9. The molecule has 0 bridgehead atoms. The van der Waals surface area contributed by atoms with Crippen LogP contribution in [0, 0.1) is 0 Å². The summed E-state index contributed by atoms with van der Waals surface area (Å²) in [5.74, 6) is 0. The third-order valence-electron chi connectivity index (χ3n) is 9.40. The molecular weight excluding hydrogens is 567 g/mol. The Labute approximate surface area is 274 Å². The lowest BCUT2D eigenvalue weighted by molar-refractivity contribution is 1.30. The molecule has 9 aromatic carbocycles. The van der Waals surface area contributed by atoms with Gasteiger partial charge in [0.15, 0.2) is 0 Å². The average molecular weight is 598 g/mol. The van der Waals surface area contributed by atoms with Crippen molar-refractivity contribution in [3.63, 3.8) is 0 Å². The van der Waals surface area contributed by atoms with Crippen molar-refractivity contribution < 1.29 is 0 Å². The van der Waals surface area contributed by atoms with Gasteiger partial charge in [0.05, 0.1) is 5.69 Å². The smallest absolute Gasteiger partial charge is 0.0540 e. The normalized spacial score (nSPS) is 11.4. The predicted molar refractivity (Wildman–Crippen MR) is 202 cm³/mol. The summed E-state index contributed by atoms with van der Waals surface area (Å²) in [6.07, 6.45) is 0. The molecule has 0 aliphatic heterocycles. The molecule has 47 heavy (non-hydrogen) atoms. The number of hydrogen-bond acceptors (Lipinski definition) is 1. The van der Waals surface area contributed by atoms with E-state index in [1.54, 1.807) is 0 Å². The zero-order valence-corrected chi connectivity index (χ0v) is 25.8. The van der Waals surface area contributed by atoms with Crippen molar-refractivity contribution in [2.24, 2.45) is 0 Å². The molecule has 0 spiro atoms. The van der Waals surface area contributed by atoms with Gasteiger partial charge in [-0.2, -0.15) is 0 Å². The monoisotopic (exact) mass is 597 g/mol. The van der Waals surface area contributed by atoms with Crippen LogP contribution in [-0.4, -0.2) is 0 Å². The molecule has 0 radical (unpaired) electrons. The Morgan fingerprint density at radius 2 is 0.766 bits per heavy atom. The van der Waals surface area contributed by atoms with Crippen LogP contribution in [0.4, 0.5) is 17.1 Å². The summed E-state index contributed by atoms with van der Waals surface area (Å²) < 4.78 is 0. The maximum Gasteiger partial charge on any atom is 0.0540 e. The number of rotatable bonds is 5. The second-order valence-electron chi connectivity index (χ2n) is 12.2. The van der Waals surface area contributed by atoms with Crippen LogP contribution in [0.2, 0.25) is 0 Å². The van der Waals surface area contributed by atoms with Gasteiger partial charge in [0.1, 0.15) is 0 Å². The predicted octanol–water partition coefficient (Wildman–Crippen LogP) is 13.1. The van der Waals surface area contributed by atoms with Gasteiger partial charge in [-0.05, 0) is 96.4 Å². The number of nitrogens with zero attached hydrogens (tertiary/aromatic N) is 1. The average Bonchev–Trinajstić information content (AvgIpc) is 3.15. The minimum atomic E-state index is 1.12. The Bertz CT molecular complexity index is 2580. The Balaban J connectivity index is 1.27. The summed E-state index contributed by atoms with van der Waals surface area (Å²) in [5, 5.41) is 10.1. The first-order chi connectivity index (χ1) is 23.3. The van der Waals surface area contributed by atoms with Crippen molar-refractivity contribution in [2.45, 2.75) is 0 Å². The first-order valence-corrected chi connectivity index (χ1v) is 16.2. The van der Waals surface area contributed by atoms with Crippen molar-refractivity contribution in [3.8, 4) is 22.3 Å². The Morgan fingerprint density at radius 3 is 1.57 bits per heavy atom. The highest BCUT2D eigenvalue weighted by molar-refractivity contribution is 6.19. The molecule has 220 valence electrons. The van der Waals surface area contributed by atoms with E-state index in [1.165, 1.54) is 65.3 Å². The summed E-state index contributed by atoms with van der Waals surface area (Å²) in [4.78, 5) is 2.42. The summed E-state index contributed by atoms with van der Waals surface area (Å²) in [6.45, 7) is 0. The van der Waals surface area contributed by atoms with E-state index in [1.807, 2.05) is 0 Å². The van der Waals surface area contributed by atoms with E-state index >= 15 is 0 Å². The summed E-state index contributed by atoms with van der Waals surface area (Å²) in [5.41, 5.74) is 8.18. The third-order valence-corrected chi connectivity index (χ3v) is 9.40. The quantitative estimate of drug-likeness (QED) is 0.178. The van der Waals surface area contributed by atoms with Crippen LogP contribution in [0.25, 0.3) is 65.3 Å². The number of anilines is 3. The molecule has 0 amide bonds. The summed E-state index contributed by atoms with van der Waals surface area (Å²) in [6, 6.07) is 68.3. The lowest BCUT2D eigenvalue weighted by Gasteiger charge is -2.28. The van der Waals surface area contributed by atoms with E-state index in [0.717, 1.165) is 17.1 Å². The third kappa shape index (κ3) is 4.81. The molecule has 9 aromatic rings. The molecule has 0 unspecified atom stereocenters. The van der Waals surface area contributed by atoms with Crippen molar-refractivity contribution in [2.75, 3.05) is 4.90 Å². The van der Waals surface area contributed by atoms with Gasteiger partial charge in [-0.3, -0.25) is 0 Å². The Morgan fingerprint density at radius 1 is 0.255 bits per heavy atom. The van der Waals surface area contributed by atoms with Crippen LogP contribution in [0.1, 0.15) is 0 Å². The van der Waals surface area contributed by atoms with Gasteiger partial charge in [-0.15, -0.1) is 0 Å². The van der Waals surface area contributed by atoms with Crippen LogP contribution >= 0.6 is 0 Å². The number of fused-ring (bicyclic) bond motifs is 6. The van der Waals surface area contributed by atoms with Gasteiger partial charge < -0.3 is 4.90 Å². The SMILES string of the molecule is c1ccc(-c2cccc(N(c3cccc(-c4ccc5ccccc5c4)c3)c3cccc4c3ccc3c5ccccc5ccc43)c2)cc1. The van der Waals surface area contributed by atoms with E-state index < -0.39 is 0 Å². The molecule has 0 aliphatic rings. The largest absolute Gasteiger partial charge is 0.310 e. The minimum absolute atomic E-state index is 1.12. The Kier molecular flexibility index (Phi) is 6.54. The van der Waals surface area contributed by atoms with Gasteiger partial charge in [-0.25, -0.2) is 0 Å². The van der Waals surface area contributed by atoms with Crippen LogP contribution in [-0.2, 0) is 0 Å². The molecule has 0 saturated heterocycles. The molecular formula is C46H31N. The van der Waals surface area contributed by atoms with Gasteiger partial charge in [-0.1, -0.05) is 152 Å². The van der Waals surface area contributed by atoms with E-state index in [-0.39, 0.29) is 0 Å². The fraction of sp³-hybridized carbons (Fsp3) is 0. The van der Waals surface area contributed by atoms with E-state index in [0.29, 0.717) is 0 Å². The highest BCUT2D eigenvalue weighted by Crippen LogP contribution is 2.43. The lowest BCUT2D eigenvalue weighted by atomic mass is 9.95. The van der Waals surface area contributed by atoms with Gasteiger partial charge >= 0.3 is 0 Å². The van der Waals surface area contributed by atoms with E-state index in [4.69, 9.17) is 0 Å². The molecule has 0 atom stereocenters. The highest BCUT2D eigenvalue weighted by atomic mass is 15.1. The molecule has 1 heteroatoms. The Hall–Kier alpha value is -6.18. The van der Waals surface area contributed by atoms with E-state index in [9.17, 15) is 0 Å². The summed E-state index contributed by atoms with van der Waals surface area (Å²) in [7, 11) is 0. The van der Waals surface area contributed by atoms with Crippen molar-refractivity contribution in [1.29, 1.82) is 0 Å². The molecule has 9 rings (SSSR count). The maximum absolute atomic E-state index is 2.42. The second kappa shape index (κ2) is 11.3.